The van der Waals surface area contributed by atoms with Crippen LogP contribution in [0.2, 0.25) is 0 Å². The molecule has 1 rings (SSSR count). The second kappa shape index (κ2) is 8.67. The average Bonchev–Trinajstić information content (AvgIpc) is 2.38. The molecular formula is C16H24N2. The van der Waals surface area contributed by atoms with Crippen molar-refractivity contribution in [3.8, 4) is 0 Å². The van der Waals surface area contributed by atoms with E-state index in [0.717, 1.165) is 32.6 Å². The molecule has 0 saturated heterocycles. The van der Waals surface area contributed by atoms with Crippen LogP contribution in [0.3, 0.4) is 0 Å². The minimum absolute atomic E-state index is 0.896. The molecule has 0 fully saturated rings. The predicted molar refractivity (Wildman–Crippen MR) is 79.7 cm³/mol. The number of nitrogens with zero attached hydrogens (tertiary/aromatic N) is 1. The lowest BCUT2D eigenvalue weighted by Gasteiger charge is -2.18. The molecule has 0 heterocycles. The van der Waals surface area contributed by atoms with Crippen molar-refractivity contribution in [2.75, 3.05) is 26.7 Å². The molecule has 18 heavy (non-hydrogen) atoms. The highest BCUT2D eigenvalue weighted by atomic mass is 15.1. The summed E-state index contributed by atoms with van der Waals surface area (Å²) < 4.78 is 0. The number of hydrogen-bond acceptors (Lipinski definition) is 2. The molecule has 0 aliphatic rings. The second-order valence-electron chi connectivity index (χ2n) is 4.44. The van der Waals surface area contributed by atoms with E-state index in [0.29, 0.717) is 0 Å². The summed E-state index contributed by atoms with van der Waals surface area (Å²) in [5, 5.41) is 3.17. The van der Waals surface area contributed by atoms with Crippen molar-refractivity contribution in [1.29, 1.82) is 0 Å². The Labute approximate surface area is 111 Å². The first-order valence-electron chi connectivity index (χ1n) is 6.46. The summed E-state index contributed by atoms with van der Waals surface area (Å²) in [7, 11) is 1.98. The molecule has 0 aliphatic heterocycles. The molecule has 0 spiro atoms. The van der Waals surface area contributed by atoms with E-state index in [9.17, 15) is 0 Å². The van der Waals surface area contributed by atoms with Crippen molar-refractivity contribution >= 4 is 0 Å². The standard InChI is InChI=1S/C16H24N2/c1-4-12-18(13-5-2)14-16-8-6-15(7-9-16)10-11-17-3/h4-9,17H,1-2,10-14H2,3H3. The zero-order valence-corrected chi connectivity index (χ0v) is 11.4. The Morgan fingerprint density at radius 3 is 2.11 bits per heavy atom. The Hall–Kier alpha value is -1.38. The first-order chi connectivity index (χ1) is 8.80. The molecule has 0 aliphatic carbocycles. The van der Waals surface area contributed by atoms with Gasteiger partial charge in [0.05, 0.1) is 0 Å². The Bertz CT molecular complexity index is 344. The van der Waals surface area contributed by atoms with Crippen LogP contribution in [0.5, 0.6) is 0 Å². The molecule has 98 valence electrons. The van der Waals surface area contributed by atoms with Crippen LogP contribution < -0.4 is 5.32 Å². The first-order valence-corrected chi connectivity index (χ1v) is 6.46. The Kier molecular flexibility index (Phi) is 7.07. The van der Waals surface area contributed by atoms with Crippen LogP contribution in [0.4, 0.5) is 0 Å². The Balaban J connectivity index is 2.55. The van der Waals surface area contributed by atoms with E-state index in [1.807, 2.05) is 19.2 Å². The fourth-order valence-corrected chi connectivity index (χ4v) is 1.91. The van der Waals surface area contributed by atoms with E-state index in [1.54, 1.807) is 0 Å². The van der Waals surface area contributed by atoms with Crippen molar-refractivity contribution in [1.82, 2.24) is 10.2 Å². The zero-order chi connectivity index (χ0) is 13.2. The molecule has 2 heteroatoms. The van der Waals surface area contributed by atoms with Gasteiger partial charge in [-0.05, 0) is 31.1 Å². The maximum absolute atomic E-state index is 3.79. The second-order valence-corrected chi connectivity index (χ2v) is 4.44. The molecule has 1 aromatic carbocycles. The van der Waals surface area contributed by atoms with Gasteiger partial charge in [0.15, 0.2) is 0 Å². The number of likely N-dealkylation sites (N-methyl/N-ethyl adjacent to an activating group) is 1. The van der Waals surface area contributed by atoms with Crippen molar-refractivity contribution < 1.29 is 0 Å². The van der Waals surface area contributed by atoms with Crippen molar-refractivity contribution in [3.05, 3.63) is 60.7 Å². The lowest BCUT2D eigenvalue weighted by molar-refractivity contribution is 0.328. The van der Waals surface area contributed by atoms with Crippen molar-refractivity contribution in [2.45, 2.75) is 13.0 Å². The fraction of sp³-hybridized carbons (Fsp3) is 0.375. The van der Waals surface area contributed by atoms with Gasteiger partial charge < -0.3 is 5.32 Å². The SMILES string of the molecule is C=CCN(CC=C)Cc1ccc(CCNC)cc1. The van der Waals surface area contributed by atoms with Gasteiger partial charge in [0.2, 0.25) is 0 Å². The average molecular weight is 244 g/mol. The fourth-order valence-electron chi connectivity index (χ4n) is 1.91. The maximum Gasteiger partial charge on any atom is 0.0240 e. The summed E-state index contributed by atoms with van der Waals surface area (Å²) in [6.07, 6.45) is 4.95. The topological polar surface area (TPSA) is 15.3 Å². The summed E-state index contributed by atoms with van der Waals surface area (Å²) in [4.78, 5) is 2.31. The summed E-state index contributed by atoms with van der Waals surface area (Å²) in [6.45, 7) is 11.3. The molecule has 0 amide bonds. The maximum atomic E-state index is 3.79. The summed E-state index contributed by atoms with van der Waals surface area (Å²) in [5.41, 5.74) is 2.72. The van der Waals surface area contributed by atoms with Gasteiger partial charge in [-0.1, -0.05) is 36.4 Å². The third-order valence-electron chi connectivity index (χ3n) is 2.87. The third-order valence-corrected chi connectivity index (χ3v) is 2.87. The Morgan fingerprint density at radius 2 is 1.61 bits per heavy atom. The lowest BCUT2D eigenvalue weighted by Crippen LogP contribution is -2.23. The number of nitrogens with one attached hydrogen (secondary N) is 1. The number of hydrogen-bond donors (Lipinski definition) is 1. The van der Waals surface area contributed by atoms with Crippen LogP contribution in [0.25, 0.3) is 0 Å². The van der Waals surface area contributed by atoms with Crippen LogP contribution in [0.1, 0.15) is 11.1 Å². The van der Waals surface area contributed by atoms with Gasteiger partial charge in [0, 0.05) is 19.6 Å². The molecule has 0 aromatic heterocycles. The summed E-state index contributed by atoms with van der Waals surface area (Å²) in [6, 6.07) is 8.85. The largest absolute Gasteiger partial charge is 0.319 e. The van der Waals surface area contributed by atoms with Crippen LogP contribution in [-0.2, 0) is 13.0 Å². The quantitative estimate of drug-likeness (QED) is 0.672. The van der Waals surface area contributed by atoms with Crippen molar-refractivity contribution in [2.24, 2.45) is 0 Å². The van der Waals surface area contributed by atoms with Gasteiger partial charge >= 0.3 is 0 Å². The highest BCUT2D eigenvalue weighted by Gasteiger charge is 2.02. The monoisotopic (exact) mass is 244 g/mol. The molecule has 0 bridgehead atoms. The smallest absolute Gasteiger partial charge is 0.0240 e. The van der Waals surface area contributed by atoms with E-state index >= 15 is 0 Å². The van der Waals surface area contributed by atoms with Gasteiger partial charge in [-0.2, -0.15) is 0 Å². The van der Waals surface area contributed by atoms with E-state index in [4.69, 9.17) is 0 Å². The number of benzene rings is 1. The highest BCUT2D eigenvalue weighted by Crippen LogP contribution is 2.08. The van der Waals surface area contributed by atoms with Gasteiger partial charge in [0.1, 0.15) is 0 Å². The molecule has 0 saturated carbocycles. The molecule has 2 nitrogen and oxygen atoms in total. The van der Waals surface area contributed by atoms with Crippen molar-refractivity contribution in [3.63, 3.8) is 0 Å². The molecule has 0 atom stereocenters. The third kappa shape index (κ3) is 5.30. The van der Waals surface area contributed by atoms with Gasteiger partial charge in [-0.25, -0.2) is 0 Å². The zero-order valence-electron chi connectivity index (χ0n) is 11.4. The Morgan fingerprint density at radius 1 is 1.06 bits per heavy atom. The van der Waals surface area contributed by atoms with Crippen LogP contribution in [-0.4, -0.2) is 31.6 Å². The molecular weight excluding hydrogens is 220 g/mol. The van der Waals surface area contributed by atoms with E-state index in [1.165, 1.54) is 11.1 Å². The van der Waals surface area contributed by atoms with E-state index in [-0.39, 0.29) is 0 Å². The molecule has 0 unspecified atom stereocenters. The van der Waals surface area contributed by atoms with Gasteiger partial charge in [-0.15, -0.1) is 13.2 Å². The predicted octanol–water partition coefficient (Wildman–Crippen LogP) is 2.62. The van der Waals surface area contributed by atoms with Crippen LogP contribution >= 0.6 is 0 Å². The lowest BCUT2D eigenvalue weighted by atomic mass is 10.1. The minimum Gasteiger partial charge on any atom is -0.319 e. The number of rotatable bonds is 9. The van der Waals surface area contributed by atoms with Crippen LogP contribution in [0, 0.1) is 0 Å². The van der Waals surface area contributed by atoms with E-state index in [2.05, 4.69) is 47.6 Å². The summed E-state index contributed by atoms with van der Waals surface area (Å²) in [5.74, 6) is 0. The minimum atomic E-state index is 0.896. The molecule has 0 radical (unpaired) electrons. The normalized spacial score (nSPS) is 10.6. The van der Waals surface area contributed by atoms with Gasteiger partial charge in [-0.3, -0.25) is 4.90 Å². The van der Waals surface area contributed by atoms with E-state index < -0.39 is 0 Å². The summed E-state index contributed by atoms with van der Waals surface area (Å²) >= 11 is 0. The molecule has 1 aromatic rings. The molecule has 1 N–H and O–H groups in total. The highest BCUT2D eigenvalue weighted by molar-refractivity contribution is 5.22. The van der Waals surface area contributed by atoms with Gasteiger partial charge in [0.25, 0.3) is 0 Å². The first kappa shape index (κ1) is 14.7. The van der Waals surface area contributed by atoms with Crippen LogP contribution in [0.15, 0.2) is 49.6 Å².